The number of benzene rings is 3. The first-order chi connectivity index (χ1) is 15.3. The van der Waals surface area contributed by atoms with Gasteiger partial charge in [-0.25, -0.2) is 12.8 Å². The lowest BCUT2D eigenvalue weighted by Gasteiger charge is -2.13. The summed E-state index contributed by atoms with van der Waals surface area (Å²) in [5, 5.41) is 0. The summed E-state index contributed by atoms with van der Waals surface area (Å²) in [5.74, 6) is -1.27. The second-order valence-corrected chi connectivity index (χ2v) is 8.15. The fourth-order valence-electron chi connectivity index (χ4n) is 2.71. The number of amides is 2. The summed E-state index contributed by atoms with van der Waals surface area (Å²) in [6, 6.07) is 16.4. The maximum atomic E-state index is 13.1. The maximum Gasteiger partial charge on any atom is 0.271 e. The highest BCUT2D eigenvalue weighted by Crippen LogP contribution is 2.20. The molecule has 0 saturated heterocycles. The molecule has 0 heterocycles. The van der Waals surface area contributed by atoms with Gasteiger partial charge in [-0.05, 0) is 67.6 Å². The van der Waals surface area contributed by atoms with Crippen molar-refractivity contribution in [1.82, 2.24) is 10.9 Å². The predicted octanol–water partition coefficient (Wildman–Crippen LogP) is 3.10. The Labute approximate surface area is 184 Å². The molecule has 10 heteroatoms. The van der Waals surface area contributed by atoms with Crippen molar-refractivity contribution in [3.8, 4) is 5.75 Å². The molecule has 3 N–H and O–H groups in total. The number of anilines is 1. The quantitative estimate of drug-likeness (QED) is 0.472. The lowest BCUT2D eigenvalue weighted by Crippen LogP contribution is -2.41. The number of hydrogen-bond donors (Lipinski definition) is 3. The number of rotatable bonds is 7. The zero-order chi connectivity index (χ0) is 23.1. The molecule has 0 bridgehead atoms. The first kappa shape index (κ1) is 22.8. The summed E-state index contributed by atoms with van der Waals surface area (Å²) < 4.78 is 45.8. The van der Waals surface area contributed by atoms with Gasteiger partial charge in [0, 0.05) is 5.56 Å². The average Bonchev–Trinajstić information content (AvgIpc) is 2.78. The van der Waals surface area contributed by atoms with Gasteiger partial charge in [-0.2, -0.15) is 0 Å². The lowest BCUT2D eigenvalue weighted by atomic mass is 10.2. The minimum atomic E-state index is -4.07. The Kier molecular flexibility index (Phi) is 7.06. The van der Waals surface area contributed by atoms with Crippen LogP contribution in [0.25, 0.3) is 0 Å². The Morgan fingerprint density at radius 3 is 2.16 bits per heavy atom. The number of para-hydroxylation sites is 1. The number of hydrazine groups is 1. The van der Waals surface area contributed by atoms with E-state index in [0.29, 0.717) is 17.9 Å². The second-order valence-electron chi connectivity index (χ2n) is 6.47. The van der Waals surface area contributed by atoms with Gasteiger partial charge in [0.2, 0.25) is 0 Å². The smallest absolute Gasteiger partial charge is 0.271 e. The second kappa shape index (κ2) is 9.92. The number of carbonyl (C=O) groups is 2. The molecule has 3 aromatic carbocycles. The molecule has 0 radical (unpaired) electrons. The van der Waals surface area contributed by atoms with Crippen LogP contribution in [0.1, 0.15) is 27.6 Å². The molecule has 0 saturated carbocycles. The van der Waals surface area contributed by atoms with Crippen molar-refractivity contribution in [3.05, 3.63) is 89.7 Å². The summed E-state index contributed by atoms with van der Waals surface area (Å²) in [5.41, 5.74) is 4.79. The molecule has 32 heavy (non-hydrogen) atoms. The van der Waals surface area contributed by atoms with Crippen LogP contribution >= 0.6 is 0 Å². The molecule has 0 aliphatic rings. The number of ether oxygens (including phenoxy) is 1. The summed E-state index contributed by atoms with van der Waals surface area (Å²) in [6.45, 7) is 2.33. The number of carbonyl (C=O) groups excluding carboxylic acids is 2. The van der Waals surface area contributed by atoms with Crippen molar-refractivity contribution < 1.29 is 27.1 Å². The summed E-state index contributed by atoms with van der Waals surface area (Å²) >= 11 is 0. The molecule has 0 unspecified atom stereocenters. The molecule has 3 aromatic rings. The molecule has 0 fully saturated rings. The average molecular weight is 457 g/mol. The molecule has 3 rings (SSSR count). The number of nitrogens with one attached hydrogen (secondary N) is 3. The van der Waals surface area contributed by atoms with Crippen molar-refractivity contribution in [1.29, 1.82) is 0 Å². The minimum Gasteiger partial charge on any atom is -0.494 e. The highest BCUT2D eigenvalue weighted by molar-refractivity contribution is 7.92. The highest BCUT2D eigenvalue weighted by atomic mass is 32.2. The van der Waals surface area contributed by atoms with Crippen LogP contribution in [0.15, 0.2) is 77.7 Å². The Balaban J connectivity index is 1.70. The van der Waals surface area contributed by atoms with E-state index >= 15 is 0 Å². The van der Waals surface area contributed by atoms with Crippen LogP contribution in [0.2, 0.25) is 0 Å². The van der Waals surface area contributed by atoms with Crippen LogP contribution in [0.5, 0.6) is 5.75 Å². The molecular weight excluding hydrogens is 437 g/mol. The van der Waals surface area contributed by atoms with Crippen molar-refractivity contribution in [2.75, 3.05) is 11.3 Å². The Hall–Kier alpha value is -3.92. The fourth-order valence-corrected chi connectivity index (χ4v) is 3.79. The van der Waals surface area contributed by atoms with E-state index in [1.165, 1.54) is 30.3 Å². The summed E-state index contributed by atoms with van der Waals surface area (Å²) in [4.78, 5) is 24.7. The Morgan fingerprint density at radius 2 is 1.50 bits per heavy atom. The van der Waals surface area contributed by atoms with Gasteiger partial charge in [0.05, 0.1) is 22.8 Å². The molecule has 2 amide bonds. The fraction of sp³-hybridized carbons (Fsp3) is 0.0909. The van der Waals surface area contributed by atoms with Gasteiger partial charge in [-0.15, -0.1) is 0 Å². The maximum absolute atomic E-state index is 13.1. The number of halogens is 1. The molecule has 0 atom stereocenters. The van der Waals surface area contributed by atoms with Crippen LogP contribution in [0.4, 0.5) is 10.1 Å². The molecular formula is C22H20FN3O5S. The summed E-state index contributed by atoms with van der Waals surface area (Å²) in [6.07, 6.45) is 0. The van der Waals surface area contributed by atoms with Gasteiger partial charge in [0.25, 0.3) is 21.8 Å². The predicted molar refractivity (Wildman–Crippen MR) is 116 cm³/mol. The number of hydrogen-bond acceptors (Lipinski definition) is 5. The van der Waals surface area contributed by atoms with E-state index < -0.39 is 27.7 Å². The van der Waals surface area contributed by atoms with Crippen LogP contribution in [-0.2, 0) is 10.0 Å². The number of sulfonamides is 1. The van der Waals surface area contributed by atoms with Gasteiger partial charge in [0.15, 0.2) is 0 Å². The molecule has 0 aromatic heterocycles. The van der Waals surface area contributed by atoms with E-state index in [0.717, 1.165) is 24.3 Å². The third-order valence-corrected chi connectivity index (χ3v) is 5.64. The molecule has 0 spiro atoms. The molecule has 0 aliphatic carbocycles. The van der Waals surface area contributed by atoms with Gasteiger partial charge in [0.1, 0.15) is 11.6 Å². The monoisotopic (exact) mass is 457 g/mol. The van der Waals surface area contributed by atoms with Crippen molar-refractivity contribution in [2.45, 2.75) is 11.8 Å². The molecule has 0 aliphatic heterocycles. The van der Waals surface area contributed by atoms with Gasteiger partial charge < -0.3 is 4.74 Å². The first-order valence-corrected chi connectivity index (χ1v) is 11.0. The van der Waals surface area contributed by atoms with Crippen LogP contribution in [0.3, 0.4) is 0 Å². The van der Waals surface area contributed by atoms with Gasteiger partial charge >= 0.3 is 0 Å². The molecule has 166 valence electrons. The van der Waals surface area contributed by atoms with Crippen LogP contribution in [0, 0.1) is 5.82 Å². The van der Waals surface area contributed by atoms with Gasteiger partial charge in [-0.1, -0.05) is 12.1 Å². The first-order valence-electron chi connectivity index (χ1n) is 9.51. The van der Waals surface area contributed by atoms with E-state index in [1.807, 2.05) is 6.92 Å². The van der Waals surface area contributed by atoms with Crippen LogP contribution in [-0.4, -0.2) is 26.8 Å². The SMILES string of the molecule is CCOc1ccc(C(=O)NNC(=O)c2ccccc2NS(=O)(=O)c2ccc(F)cc2)cc1. The van der Waals surface area contributed by atoms with Crippen molar-refractivity contribution in [2.24, 2.45) is 0 Å². The third-order valence-electron chi connectivity index (χ3n) is 4.26. The topological polar surface area (TPSA) is 114 Å². The minimum absolute atomic E-state index is 0.00959. The van der Waals surface area contributed by atoms with E-state index in [-0.39, 0.29) is 16.1 Å². The zero-order valence-corrected chi connectivity index (χ0v) is 17.8. The van der Waals surface area contributed by atoms with Crippen molar-refractivity contribution in [3.63, 3.8) is 0 Å². The largest absolute Gasteiger partial charge is 0.494 e. The molecule has 8 nitrogen and oxygen atoms in total. The van der Waals surface area contributed by atoms with Crippen LogP contribution < -0.4 is 20.3 Å². The van der Waals surface area contributed by atoms with E-state index in [4.69, 9.17) is 4.74 Å². The normalized spacial score (nSPS) is 10.8. The Bertz CT molecular complexity index is 1210. The zero-order valence-electron chi connectivity index (χ0n) is 17.0. The van der Waals surface area contributed by atoms with Crippen molar-refractivity contribution >= 4 is 27.5 Å². The Morgan fingerprint density at radius 1 is 0.875 bits per heavy atom. The standard InChI is InChI=1S/C22H20FN3O5S/c1-2-31-17-11-7-15(8-12-17)21(27)24-25-22(28)19-5-3-4-6-20(19)26-32(29,30)18-13-9-16(23)10-14-18/h3-14,26H,2H2,1H3,(H,24,27)(H,25,28). The highest BCUT2D eigenvalue weighted by Gasteiger charge is 2.19. The lowest BCUT2D eigenvalue weighted by molar-refractivity contribution is 0.0847. The van der Waals surface area contributed by atoms with E-state index in [1.54, 1.807) is 18.2 Å². The van der Waals surface area contributed by atoms with Gasteiger partial charge in [-0.3, -0.25) is 25.2 Å². The third kappa shape index (κ3) is 5.61. The summed E-state index contributed by atoms with van der Waals surface area (Å²) in [7, 11) is -4.07. The van der Waals surface area contributed by atoms with E-state index in [2.05, 4.69) is 15.6 Å². The van der Waals surface area contributed by atoms with E-state index in [9.17, 15) is 22.4 Å².